The van der Waals surface area contributed by atoms with Crippen molar-refractivity contribution >= 4 is 29.1 Å². The van der Waals surface area contributed by atoms with Crippen LogP contribution in [0, 0.1) is 0 Å². The van der Waals surface area contributed by atoms with E-state index in [2.05, 4.69) is 5.32 Å². The number of rotatable bonds is 6. The van der Waals surface area contributed by atoms with Gasteiger partial charge in [-0.15, -0.1) is 0 Å². The molecule has 0 fully saturated rings. The van der Waals surface area contributed by atoms with Gasteiger partial charge in [-0.25, -0.2) is 0 Å². The lowest BCUT2D eigenvalue weighted by Gasteiger charge is -2.23. The number of halogens is 1. The summed E-state index contributed by atoms with van der Waals surface area (Å²) >= 11 is 6.33. The second kappa shape index (κ2) is 10.1. The van der Waals surface area contributed by atoms with Crippen molar-refractivity contribution in [1.82, 2.24) is 4.90 Å². The molecule has 0 spiro atoms. The first-order valence-corrected chi connectivity index (χ1v) is 11.5. The largest absolute Gasteiger partial charge is 0.481 e. The number of amides is 2. The average molecular weight is 463 g/mol. The summed E-state index contributed by atoms with van der Waals surface area (Å²) in [4.78, 5) is 27.7. The summed E-state index contributed by atoms with van der Waals surface area (Å²) < 4.78 is 5.93. The van der Waals surface area contributed by atoms with E-state index in [1.165, 1.54) is 0 Å². The highest BCUT2D eigenvalue weighted by Gasteiger charge is 2.29. The molecule has 0 aromatic heterocycles. The van der Waals surface area contributed by atoms with Crippen molar-refractivity contribution in [3.63, 3.8) is 0 Å². The van der Waals surface area contributed by atoms with Gasteiger partial charge in [-0.1, -0.05) is 67.1 Å². The second-order valence-corrected chi connectivity index (χ2v) is 8.64. The van der Waals surface area contributed by atoms with Gasteiger partial charge >= 0.3 is 0 Å². The van der Waals surface area contributed by atoms with Crippen LogP contribution in [-0.4, -0.2) is 22.8 Å². The van der Waals surface area contributed by atoms with Crippen LogP contribution in [0.2, 0.25) is 5.02 Å². The Kier molecular flexibility index (Phi) is 6.99. The first-order valence-electron chi connectivity index (χ1n) is 11.1. The number of hydrogen-bond acceptors (Lipinski definition) is 3. The Bertz CT molecular complexity index is 1150. The van der Waals surface area contributed by atoms with Crippen molar-refractivity contribution in [3.8, 4) is 5.75 Å². The van der Waals surface area contributed by atoms with Crippen LogP contribution in [-0.2, 0) is 22.7 Å². The van der Waals surface area contributed by atoms with Gasteiger partial charge in [0, 0.05) is 29.4 Å². The van der Waals surface area contributed by atoms with Crippen molar-refractivity contribution in [2.24, 2.45) is 0 Å². The number of anilines is 1. The number of carbonyl (C=O) groups is 2. The fourth-order valence-electron chi connectivity index (χ4n) is 4.13. The third-order valence-electron chi connectivity index (χ3n) is 5.90. The molecular weight excluding hydrogens is 436 g/mol. The van der Waals surface area contributed by atoms with E-state index in [-0.39, 0.29) is 17.7 Å². The zero-order valence-corrected chi connectivity index (χ0v) is 19.5. The highest BCUT2D eigenvalue weighted by molar-refractivity contribution is 6.31. The molecule has 2 atom stereocenters. The smallest absolute Gasteiger partial charge is 0.263 e. The van der Waals surface area contributed by atoms with Crippen LogP contribution >= 0.6 is 11.6 Å². The maximum Gasteiger partial charge on any atom is 0.263 e. The highest BCUT2D eigenvalue weighted by atomic mass is 35.5. The zero-order chi connectivity index (χ0) is 23.4. The molecule has 0 aliphatic carbocycles. The molecule has 0 bridgehead atoms. The Morgan fingerprint density at radius 1 is 1.12 bits per heavy atom. The quantitative estimate of drug-likeness (QED) is 0.505. The number of benzene rings is 3. The number of ether oxygens (including phenoxy) is 1. The van der Waals surface area contributed by atoms with Gasteiger partial charge in [0.15, 0.2) is 6.10 Å². The summed E-state index contributed by atoms with van der Waals surface area (Å²) in [7, 11) is 0. The number of carbonyl (C=O) groups excluding carboxylic acids is 2. The molecule has 170 valence electrons. The molecular formula is C27H27ClN2O3. The monoisotopic (exact) mass is 462 g/mol. The molecule has 3 aromatic rings. The topological polar surface area (TPSA) is 58.6 Å². The molecule has 0 radical (unpaired) electrons. The molecule has 6 heteroatoms. The fourth-order valence-corrected chi connectivity index (χ4v) is 4.33. The lowest BCUT2D eigenvalue weighted by molar-refractivity contribution is -0.138. The Labute approximate surface area is 199 Å². The number of fused-ring (bicyclic) bond motifs is 1. The van der Waals surface area contributed by atoms with E-state index in [4.69, 9.17) is 16.3 Å². The van der Waals surface area contributed by atoms with Crippen LogP contribution in [0.4, 0.5) is 5.69 Å². The van der Waals surface area contributed by atoms with Gasteiger partial charge in [-0.05, 0) is 48.7 Å². The van der Waals surface area contributed by atoms with Crippen LogP contribution in [0.3, 0.4) is 0 Å². The van der Waals surface area contributed by atoms with Crippen LogP contribution < -0.4 is 10.1 Å². The maximum atomic E-state index is 13.0. The van der Waals surface area contributed by atoms with Crippen LogP contribution in [0.5, 0.6) is 5.75 Å². The summed E-state index contributed by atoms with van der Waals surface area (Å²) in [6.45, 7) is 4.50. The van der Waals surface area contributed by atoms with Gasteiger partial charge in [-0.3, -0.25) is 9.59 Å². The highest BCUT2D eigenvalue weighted by Crippen LogP contribution is 2.31. The lowest BCUT2D eigenvalue weighted by atomic mass is 9.95. The molecule has 1 aliphatic rings. The summed E-state index contributed by atoms with van der Waals surface area (Å²) in [6, 6.07) is 22.8. The molecule has 1 heterocycles. The number of hydrogen-bond donors (Lipinski definition) is 1. The summed E-state index contributed by atoms with van der Waals surface area (Å²) in [5.41, 5.74) is 3.38. The third-order valence-corrected chi connectivity index (χ3v) is 6.27. The normalized spacial score (nSPS) is 16.4. The van der Waals surface area contributed by atoms with Crippen molar-refractivity contribution in [1.29, 1.82) is 0 Å². The van der Waals surface area contributed by atoms with Gasteiger partial charge in [0.2, 0.25) is 5.91 Å². The summed E-state index contributed by atoms with van der Waals surface area (Å²) in [6.07, 6.45) is 0.0818. The standard InChI is InChI=1S/C27H27ClN2O3/c1-3-23(19-9-5-4-6-10-19)26(31)29-22-13-14-25-21(15-22)17-30(27(32)18(2)33-25)16-20-11-7-8-12-24(20)28/h4-15,18,23H,3,16-17H2,1-2H3,(H,29,31). The minimum absolute atomic E-state index is 0.0597. The molecule has 3 aromatic carbocycles. The van der Waals surface area contributed by atoms with Crippen molar-refractivity contribution in [2.45, 2.75) is 45.4 Å². The summed E-state index contributed by atoms with van der Waals surface area (Å²) in [5.74, 6) is 0.243. The molecule has 1 aliphatic heterocycles. The van der Waals surface area contributed by atoms with E-state index in [1.807, 2.05) is 79.7 Å². The minimum Gasteiger partial charge on any atom is -0.481 e. The van der Waals surface area contributed by atoms with Crippen LogP contribution in [0.25, 0.3) is 0 Å². The maximum absolute atomic E-state index is 13.0. The van der Waals surface area contributed by atoms with Crippen LogP contribution in [0.15, 0.2) is 72.8 Å². The van der Waals surface area contributed by atoms with Gasteiger partial charge in [0.25, 0.3) is 5.91 Å². The Balaban J connectivity index is 1.56. The molecule has 33 heavy (non-hydrogen) atoms. The first-order chi connectivity index (χ1) is 16.0. The van der Waals surface area contributed by atoms with E-state index in [9.17, 15) is 9.59 Å². The predicted octanol–water partition coefficient (Wildman–Crippen LogP) is 5.78. The average Bonchev–Trinajstić information content (AvgIpc) is 2.93. The first kappa shape index (κ1) is 22.9. The Morgan fingerprint density at radius 2 is 1.85 bits per heavy atom. The molecule has 1 N–H and O–H groups in total. The van der Waals surface area contributed by atoms with Crippen molar-refractivity contribution in [3.05, 3.63) is 94.5 Å². The predicted molar refractivity (Wildman–Crippen MR) is 130 cm³/mol. The molecule has 2 unspecified atom stereocenters. The molecule has 2 amide bonds. The van der Waals surface area contributed by atoms with E-state index in [0.717, 1.165) is 16.7 Å². The van der Waals surface area contributed by atoms with Crippen molar-refractivity contribution in [2.75, 3.05) is 5.32 Å². The molecule has 4 rings (SSSR count). The summed E-state index contributed by atoms with van der Waals surface area (Å²) in [5, 5.41) is 3.66. The lowest BCUT2D eigenvalue weighted by Crippen LogP contribution is -2.37. The number of nitrogens with zero attached hydrogens (tertiary/aromatic N) is 1. The van der Waals surface area contributed by atoms with Gasteiger partial charge < -0.3 is 15.0 Å². The zero-order valence-electron chi connectivity index (χ0n) is 18.8. The third kappa shape index (κ3) is 5.20. The Morgan fingerprint density at radius 3 is 2.58 bits per heavy atom. The van der Waals surface area contributed by atoms with Gasteiger partial charge in [-0.2, -0.15) is 0 Å². The Hall–Kier alpha value is -3.31. The second-order valence-electron chi connectivity index (χ2n) is 8.23. The SMILES string of the molecule is CCC(C(=O)Nc1ccc2c(c1)CN(Cc1ccccc1Cl)C(=O)C(C)O2)c1ccccc1. The number of nitrogens with one attached hydrogen (secondary N) is 1. The molecule has 0 saturated carbocycles. The van der Waals surface area contributed by atoms with E-state index < -0.39 is 6.10 Å². The fraction of sp³-hybridized carbons (Fsp3) is 0.259. The van der Waals surface area contributed by atoms with Crippen molar-refractivity contribution < 1.29 is 14.3 Å². The minimum atomic E-state index is -0.614. The van der Waals surface area contributed by atoms with Crippen LogP contribution in [0.1, 0.15) is 42.9 Å². The van der Waals surface area contributed by atoms with Gasteiger partial charge in [0.1, 0.15) is 5.75 Å². The van der Waals surface area contributed by atoms with E-state index in [0.29, 0.717) is 36.0 Å². The van der Waals surface area contributed by atoms with E-state index >= 15 is 0 Å². The van der Waals surface area contributed by atoms with Gasteiger partial charge in [0.05, 0.1) is 5.92 Å². The molecule has 5 nitrogen and oxygen atoms in total. The van der Waals surface area contributed by atoms with E-state index in [1.54, 1.807) is 11.8 Å². The molecule has 0 saturated heterocycles.